The Balaban J connectivity index is 1.94. The Labute approximate surface area is 110 Å². The molecule has 5 heteroatoms. The number of amides is 1. The van der Waals surface area contributed by atoms with Crippen LogP contribution in [-0.4, -0.2) is 31.4 Å². The van der Waals surface area contributed by atoms with Gasteiger partial charge in [0.25, 0.3) is 0 Å². The molecule has 3 unspecified atom stereocenters. The van der Waals surface area contributed by atoms with Crippen molar-refractivity contribution in [3.05, 3.63) is 42.0 Å². The summed E-state index contributed by atoms with van der Waals surface area (Å²) in [5.41, 5.74) is 0.00567. The topological polar surface area (TPSA) is 59.6 Å². The molecule has 98 valence electrons. The van der Waals surface area contributed by atoms with Gasteiger partial charge < -0.3 is 14.8 Å². The third-order valence-corrected chi connectivity index (χ3v) is 3.97. The Kier molecular flexibility index (Phi) is 2.22. The molecule has 1 saturated heterocycles. The van der Waals surface area contributed by atoms with Gasteiger partial charge >= 0.3 is 0 Å². The number of rotatable bonds is 0. The highest BCUT2D eigenvalue weighted by Crippen LogP contribution is 2.43. The second-order valence-corrected chi connectivity index (χ2v) is 4.93. The highest BCUT2D eigenvalue weighted by Gasteiger charge is 2.58. The molecule has 3 aliphatic heterocycles. The van der Waals surface area contributed by atoms with Crippen molar-refractivity contribution in [3.63, 3.8) is 0 Å². The number of carbonyl (C=O) groups excluding carboxylic acids is 1. The summed E-state index contributed by atoms with van der Waals surface area (Å²) in [7, 11) is 0. The molecule has 5 nitrogen and oxygen atoms in total. The second-order valence-electron chi connectivity index (χ2n) is 4.93. The summed E-state index contributed by atoms with van der Waals surface area (Å²) in [6.07, 6.45) is 3.32. The lowest BCUT2D eigenvalue weighted by Gasteiger charge is -2.44. The number of nitrogens with one attached hydrogen (secondary N) is 2. The summed E-state index contributed by atoms with van der Waals surface area (Å²) in [4.78, 5) is 12.4. The van der Waals surface area contributed by atoms with Gasteiger partial charge in [-0.1, -0.05) is 24.3 Å². The predicted octanol–water partition coefficient (Wildman–Crippen LogP) is 0.275. The summed E-state index contributed by atoms with van der Waals surface area (Å²) in [5, 5.41) is 6.12. The SMILES string of the molecule is O=C1NCNC12c1ccccc1OC1C=CCOC12. The number of fused-ring (bicyclic) bond motifs is 4. The molecule has 4 rings (SSSR count). The van der Waals surface area contributed by atoms with Crippen LogP contribution in [0.5, 0.6) is 5.75 Å². The maximum Gasteiger partial charge on any atom is 0.249 e. The van der Waals surface area contributed by atoms with Crippen molar-refractivity contribution in [1.82, 2.24) is 10.6 Å². The van der Waals surface area contributed by atoms with Gasteiger partial charge in [0.2, 0.25) is 5.91 Å². The largest absolute Gasteiger partial charge is 0.483 e. The lowest BCUT2D eigenvalue weighted by Crippen LogP contribution is -2.62. The molecule has 1 aromatic carbocycles. The molecule has 0 aromatic heterocycles. The van der Waals surface area contributed by atoms with Crippen molar-refractivity contribution in [2.45, 2.75) is 17.7 Å². The van der Waals surface area contributed by atoms with Crippen LogP contribution < -0.4 is 15.4 Å². The number of ether oxygens (including phenoxy) is 2. The van der Waals surface area contributed by atoms with Crippen molar-refractivity contribution in [2.75, 3.05) is 13.3 Å². The molecular formula is C14H14N2O3. The molecule has 2 N–H and O–H groups in total. The van der Waals surface area contributed by atoms with Crippen molar-refractivity contribution in [1.29, 1.82) is 0 Å². The number of benzene rings is 1. The summed E-state index contributed by atoms with van der Waals surface area (Å²) >= 11 is 0. The first kappa shape index (κ1) is 11.0. The van der Waals surface area contributed by atoms with Gasteiger partial charge in [-0.15, -0.1) is 0 Å². The van der Waals surface area contributed by atoms with Crippen LogP contribution in [0, 0.1) is 0 Å². The first-order chi connectivity index (χ1) is 9.32. The van der Waals surface area contributed by atoms with Gasteiger partial charge in [-0.2, -0.15) is 0 Å². The minimum atomic E-state index is -0.843. The van der Waals surface area contributed by atoms with Crippen LogP contribution in [0.25, 0.3) is 0 Å². The van der Waals surface area contributed by atoms with E-state index < -0.39 is 5.54 Å². The molecule has 1 spiro atoms. The van der Waals surface area contributed by atoms with Crippen LogP contribution in [0.3, 0.4) is 0 Å². The van der Waals surface area contributed by atoms with Crippen LogP contribution in [0.4, 0.5) is 0 Å². The molecular weight excluding hydrogens is 244 g/mol. The highest BCUT2D eigenvalue weighted by atomic mass is 16.5. The van der Waals surface area contributed by atoms with Gasteiger partial charge in [0.15, 0.2) is 5.54 Å². The van der Waals surface area contributed by atoms with Crippen LogP contribution >= 0.6 is 0 Å². The normalized spacial score (nSPS) is 35.5. The zero-order valence-electron chi connectivity index (χ0n) is 10.3. The first-order valence-corrected chi connectivity index (χ1v) is 6.40. The fourth-order valence-electron chi connectivity index (χ4n) is 3.14. The Hall–Kier alpha value is -1.85. The zero-order valence-corrected chi connectivity index (χ0v) is 10.3. The van der Waals surface area contributed by atoms with E-state index in [0.717, 1.165) is 11.3 Å². The lowest BCUT2D eigenvalue weighted by molar-refractivity contribution is -0.138. The average Bonchev–Trinajstić information content (AvgIpc) is 2.82. The van der Waals surface area contributed by atoms with Crippen molar-refractivity contribution >= 4 is 5.91 Å². The number of hydrogen-bond donors (Lipinski definition) is 2. The number of hydrogen-bond acceptors (Lipinski definition) is 4. The smallest absolute Gasteiger partial charge is 0.249 e. The van der Waals surface area contributed by atoms with E-state index in [1.807, 2.05) is 36.4 Å². The standard InChI is InChI=1S/C14H14N2O3/c17-13-14(16-8-15-13)9-4-1-2-5-10(9)19-11-6-3-7-18-12(11)14/h1-6,11-12,16H,7-8H2,(H,15,17). The van der Waals surface area contributed by atoms with Crippen LogP contribution in [-0.2, 0) is 15.1 Å². The number of carbonyl (C=O) groups is 1. The van der Waals surface area contributed by atoms with Gasteiger partial charge in [0.1, 0.15) is 18.0 Å². The van der Waals surface area contributed by atoms with Crippen molar-refractivity contribution in [3.8, 4) is 5.75 Å². The van der Waals surface area contributed by atoms with E-state index in [4.69, 9.17) is 9.47 Å². The van der Waals surface area contributed by atoms with Gasteiger partial charge in [-0.3, -0.25) is 10.1 Å². The second kappa shape index (κ2) is 3.82. The van der Waals surface area contributed by atoms with Crippen LogP contribution in [0.1, 0.15) is 5.56 Å². The van der Waals surface area contributed by atoms with E-state index in [1.165, 1.54) is 0 Å². The van der Waals surface area contributed by atoms with Gasteiger partial charge in [0, 0.05) is 5.56 Å². The first-order valence-electron chi connectivity index (χ1n) is 6.40. The molecule has 1 aromatic rings. The van der Waals surface area contributed by atoms with Crippen molar-refractivity contribution < 1.29 is 14.3 Å². The molecule has 1 amide bonds. The molecule has 0 saturated carbocycles. The Bertz CT molecular complexity index is 572. The summed E-state index contributed by atoms with van der Waals surface area (Å²) < 4.78 is 11.8. The average molecular weight is 258 g/mol. The molecule has 0 aliphatic carbocycles. The molecule has 3 atom stereocenters. The van der Waals surface area contributed by atoms with E-state index in [2.05, 4.69) is 10.6 Å². The minimum Gasteiger partial charge on any atom is -0.483 e. The summed E-state index contributed by atoms with van der Waals surface area (Å²) in [5.74, 6) is 0.692. The van der Waals surface area contributed by atoms with E-state index in [-0.39, 0.29) is 18.1 Å². The minimum absolute atomic E-state index is 0.0476. The molecule has 0 radical (unpaired) electrons. The summed E-state index contributed by atoms with van der Waals surface area (Å²) in [6.45, 7) is 0.951. The molecule has 0 bridgehead atoms. The van der Waals surface area contributed by atoms with E-state index >= 15 is 0 Å². The van der Waals surface area contributed by atoms with E-state index in [9.17, 15) is 4.79 Å². The van der Waals surface area contributed by atoms with Gasteiger partial charge in [-0.05, 0) is 12.1 Å². The molecule has 19 heavy (non-hydrogen) atoms. The van der Waals surface area contributed by atoms with E-state index in [1.54, 1.807) is 0 Å². The third-order valence-electron chi connectivity index (χ3n) is 3.97. The fraction of sp³-hybridized carbons (Fsp3) is 0.357. The zero-order chi connectivity index (χ0) is 12.9. The quantitative estimate of drug-likeness (QED) is 0.656. The van der Waals surface area contributed by atoms with Crippen LogP contribution in [0.2, 0.25) is 0 Å². The fourth-order valence-corrected chi connectivity index (χ4v) is 3.14. The van der Waals surface area contributed by atoms with Crippen molar-refractivity contribution in [2.24, 2.45) is 0 Å². The van der Waals surface area contributed by atoms with Gasteiger partial charge in [-0.25, -0.2) is 0 Å². The highest BCUT2D eigenvalue weighted by molar-refractivity contribution is 5.91. The maximum absolute atomic E-state index is 12.4. The molecule has 3 aliphatic rings. The Morgan fingerprint density at radius 3 is 3.05 bits per heavy atom. The molecule has 1 fully saturated rings. The van der Waals surface area contributed by atoms with E-state index in [0.29, 0.717) is 13.3 Å². The lowest BCUT2D eigenvalue weighted by atomic mass is 9.78. The van der Waals surface area contributed by atoms with Gasteiger partial charge in [0.05, 0.1) is 13.3 Å². The number of para-hydroxylation sites is 1. The van der Waals surface area contributed by atoms with Crippen LogP contribution in [0.15, 0.2) is 36.4 Å². The Morgan fingerprint density at radius 1 is 1.32 bits per heavy atom. The summed E-state index contributed by atoms with van der Waals surface area (Å²) in [6, 6.07) is 7.64. The Morgan fingerprint density at radius 2 is 2.21 bits per heavy atom. The predicted molar refractivity (Wildman–Crippen MR) is 67.6 cm³/mol. The maximum atomic E-state index is 12.4. The molecule has 3 heterocycles. The monoisotopic (exact) mass is 258 g/mol. The third kappa shape index (κ3) is 1.34.